The molecule has 0 bridgehead atoms. The summed E-state index contributed by atoms with van der Waals surface area (Å²) < 4.78 is 5.38. The topological polar surface area (TPSA) is 54.5 Å². The molecule has 5 nitrogen and oxygen atoms in total. The van der Waals surface area contributed by atoms with Crippen LogP contribution in [0.2, 0.25) is 0 Å². The van der Waals surface area contributed by atoms with E-state index in [1.165, 1.54) is 0 Å². The number of carbonyl (C=O) groups excluding carboxylic acids is 1. The van der Waals surface area contributed by atoms with Crippen molar-refractivity contribution >= 4 is 17.4 Å². The van der Waals surface area contributed by atoms with Crippen molar-refractivity contribution in [2.75, 3.05) is 30.9 Å². The third kappa shape index (κ3) is 4.48. The van der Waals surface area contributed by atoms with Gasteiger partial charge in [-0.2, -0.15) is 0 Å². The Morgan fingerprint density at radius 3 is 2.45 bits per heavy atom. The van der Waals surface area contributed by atoms with E-state index >= 15 is 0 Å². The molecule has 0 atom stereocenters. The number of carbonyl (C=O) groups is 1. The quantitative estimate of drug-likeness (QED) is 0.891. The van der Waals surface area contributed by atoms with Gasteiger partial charge in [0.2, 0.25) is 5.91 Å². The predicted octanol–water partition coefficient (Wildman–Crippen LogP) is 2.73. The Morgan fingerprint density at radius 2 is 1.91 bits per heavy atom. The molecule has 2 rings (SSSR count). The van der Waals surface area contributed by atoms with Crippen molar-refractivity contribution < 1.29 is 9.53 Å². The lowest BCUT2D eigenvalue weighted by molar-refractivity contribution is -0.115. The highest BCUT2D eigenvalue weighted by molar-refractivity contribution is 5.92. The molecule has 0 radical (unpaired) electrons. The highest BCUT2D eigenvalue weighted by atomic mass is 16.5. The van der Waals surface area contributed by atoms with Gasteiger partial charge in [0.05, 0.1) is 24.9 Å². The van der Waals surface area contributed by atoms with E-state index in [0.717, 1.165) is 17.1 Å². The minimum absolute atomic E-state index is 0.0661. The summed E-state index contributed by atoms with van der Waals surface area (Å²) in [6, 6.07) is 11.3. The van der Waals surface area contributed by atoms with Crippen molar-refractivity contribution in [2.24, 2.45) is 0 Å². The van der Waals surface area contributed by atoms with Crippen LogP contribution in [0.1, 0.15) is 12.5 Å². The smallest absolute Gasteiger partial charge is 0.228 e. The summed E-state index contributed by atoms with van der Waals surface area (Å²) in [5.41, 5.74) is 1.64. The van der Waals surface area contributed by atoms with E-state index in [0.29, 0.717) is 18.7 Å². The summed E-state index contributed by atoms with van der Waals surface area (Å²) >= 11 is 0. The number of hydrogen-bond donors (Lipinski definition) is 1. The molecule has 0 saturated carbocycles. The first kappa shape index (κ1) is 15.8. The number of ether oxygens (including phenoxy) is 1. The second-order valence-electron chi connectivity index (χ2n) is 5.10. The molecule has 1 aromatic heterocycles. The van der Waals surface area contributed by atoms with Gasteiger partial charge in [-0.05, 0) is 36.8 Å². The Labute approximate surface area is 130 Å². The van der Waals surface area contributed by atoms with Crippen LogP contribution in [0.3, 0.4) is 0 Å². The molecule has 0 aliphatic rings. The van der Waals surface area contributed by atoms with Crippen LogP contribution < -0.4 is 15.0 Å². The van der Waals surface area contributed by atoms with Crippen LogP contribution in [0.25, 0.3) is 0 Å². The summed E-state index contributed by atoms with van der Waals surface area (Å²) in [5.74, 6) is 1.60. The first-order valence-corrected chi connectivity index (χ1v) is 7.23. The Balaban J connectivity index is 1.91. The number of nitrogens with zero attached hydrogens (tertiary/aromatic N) is 2. The zero-order chi connectivity index (χ0) is 15.9. The zero-order valence-corrected chi connectivity index (χ0v) is 13.2. The minimum Gasteiger partial charge on any atom is -0.494 e. The second kappa shape index (κ2) is 7.45. The molecule has 0 fully saturated rings. The molecule has 0 aliphatic heterocycles. The number of amides is 1. The largest absolute Gasteiger partial charge is 0.494 e. The van der Waals surface area contributed by atoms with E-state index in [2.05, 4.69) is 10.3 Å². The number of rotatable bonds is 6. The molecule has 0 unspecified atom stereocenters. The molecular formula is C17H21N3O2. The molecule has 0 aliphatic carbocycles. The van der Waals surface area contributed by atoms with Gasteiger partial charge < -0.3 is 15.0 Å². The first-order chi connectivity index (χ1) is 10.6. The number of hydrogen-bond acceptors (Lipinski definition) is 4. The molecule has 1 aromatic carbocycles. The fraction of sp³-hybridized carbons (Fsp3) is 0.294. The molecule has 1 heterocycles. The fourth-order valence-electron chi connectivity index (χ4n) is 1.99. The summed E-state index contributed by atoms with van der Waals surface area (Å²) in [5, 5.41) is 2.85. The van der Waals surface area contributed by atoms with Crippen LogP contribution in [-0.2, 0) is 11.2 Å². The van der Waals surface area contributed by atoms with Crippen LogP contribution in [-0.4, -0.2) is 31.6 Å². The average Bonchev–Trinajstić information content (AvgIpc) is 2.50. The summed E-state index contributed by atoms with van der Waals surface area (Å²) in [7, 11) is 3.85. The molecule has 1 N–H and O–H groups in total. The fourth-order valence-corrected chi connectivity index (χ4v) is 1.99. The standard InChI is InChI=1S/C17H21N3O2/c1-4-22-15-8-5-13(6-9-15)11-17(21)19-14-7-10-16(18-12-14)20(2)3/h5-10,12H,4,11H2,1-3H3,(H,19,21). The number of nitrogens with one attached hydrogen (secondary N) is 1. The third-order valence-electron chi connectivity index (χ3n) is 3.09. The van der Waals surface area contributed by atoms with Crippen molar-refractivity contribution in [3.63, 3.8) is 0 Å². The third-order valence-corrected chi connectivity index (χ3v) is 3.09. The second-order valence-corrected chi connectivity index (χ2v) is 5.10. The van der Waals surface area contributed by atoms with Crippen molar-refractivity contribution in [1.29, 1.82) is 0 Å². The highest BCUT2D eigenvalue weighted by Crippen LogP contribution is 2.14. The summed E-state index contributed by atoms with van der Waals surface area (Å²) in [4.78, 5) is 18.2. The molecule has 22 heavy (non-hydrogen) atoms. The van der Waals surface area contributed by atoms with Gasteiger partial charge in [-0.3, -0.25) is 4.79 Å². The Hall–Kier alpha value is -2.56. The number of aromatic nitrogens is 1. The maximum atomic E-state index is 12.0. The molecule has 1 amide bonds. The maximum absolute atomic E-state index is 12.0. The van der Waals surface area contributed by atoms with Crippen LogP contribution in [0.15, 0.2) is 42.6 Å². The molecule has 5 heteroatoms. The van der Waals surface area contributed by atoms with E-state index in [9.17, 15) is 4.79 Å². The monoisotopic (exact) mass is 299 g/mol. The van der Waals surface area contributed by atoms with Gasteiger partial charge in [0.15, 0.2) is 0 Å². The van der Waals surface area contributed by atoms with Gasteiger partial charge >= 0.3 is 0 Å². The molecule has 0 spiro atoms. The van der Waals surface area contributed by atoms with Crippen molar-refractivity contribution in [1.82, 2.24) is 4.98 Å². The Kier molecular flexibility index (Phi) is 5.36. The van der Waals surface area contributed by atoms with E-state index in [1.54, 1.807) is 6.20 Å². The average molecular weight is 299 g/mol. The maximum Gasteiger partial charge on any atom is 0.228 e. The van der Waals surface area contributed by atoms with Gasteiger partial charge in [-0.1, -0.05) is 12.1 Å². The van der Waals surface area contributed by atoms with Crippen LogP contribution in [0.4, 0.5) is 11.5 Å². The van der Waals surface area contributed by atoms with Gasteiger partial charge in [0.25, 0.3) is 0 Å². The summed E-state index contributed by atoms with van der Waals surface area (Å²) in [6.45, 7) is 2.58. The van der Waals surface area contributed by atoms with Gasteiger partial charge in [-0.25, -0.2) is 4.98 Å². The van der Waals surface area contributed by atoms with E-state index in [1.807, 2.05) is 62.3 Å². The normalized spacial score (nSPS) is 10.1. The first-order valence-electron chi connectivity index (χ1n) is 7.23. The van der Waals surface area contributed by atoms with Gasteiger partial charge in [0.1, 0.15) is 11.6 Å². The predicted molar refractivity (Wildman–Crippen MR) is 88.5 cm³/mol. The molecule has 0 saturated heterocycles. The minimum atomic E-state index is -0.0661. The number of pyridine rings is 1. The summed E-state index contributed by atoms with van der Waals surface area (Å²) in [6.07, 6.45) is 1.98. The highest BCUT2D eigenvalue weighted by Gasteiger charge is 2.05. The van der Waals surface area contributed by atoms with Gasteiger partial charge in [-0.15, -0.1) is 0 Å². The Bertz CT molecular complexity index is 607. The molecule has 116 valence electrons. The Morgan fingerprint density at radius 1 is 1.18 bits per heavy atom. The van der Waals surface area contributed by atoms with Crippen molar-refractivity contribution in [2.45, 2.75) is 13.3 Å². The lowest BCUT2D eigenvalue weighted by atomic mass is 10.1. The van der Waals surface area contributed by atoms with Crippen LogP contribution in [0.5, 0.6) is 5.75 Å². The zero-order valence-electron chi connectivity index (χ0n) is 13.2. The SMILES string of the molecule is CCOc1ccc(CC(=O)Nc2ccc(N(C)C)nc2)cc1. The van der Waals surface area contributed by atoms with E-state index in [4.69, 9.17) is 4.74 Å². The molecular weight excluding hydrogens is 278 g/mol. The van der Waals surface area contributed by atoms with Crippen LogP contribution >= 0.6 is 0 Å². The van der Waals surface area contributed by atoms with E-state index < -0.39 is 0 Å². The van der Waals surface area contributed by atoms with Gasteiger partial charge in [0, 0.05) is 14.1 Å². The van der Waals surface area contributed by atoms with Crippen molar-refractivity contribution in [3.05, 3.63) is 48.2 Å². The lowest BCUT2D eigenvalue weighted by Crippen LogP contribution is -2.15. The lowest BCUT2D eigenvalue weighted by Gasteiger charge is -2.11. The van der Waals surface area contributed by atoms with E-state index in [-0.39, 0.29) is 5.91 Å². The number of anilines is 2. The number of benzene rings is 1. The van der Waals surface area contributed by atoms with Crippen molar-refractivity contribution in [3.8, 4) is 5.75 Å². The molecule has 2 aromatic rings. The van der Waals surface area contributed by atoms with Crippen LogP contribution in [0, 0.1) is 0 Å².